The number of sulfonamides is 1. The summed E-state index contributed by atoms with van der Waals surface area (Å²) in [5.41, 5.74) is 8.35. The monoisotopic (exact) mass is 325 g/mol. The Morgan fingerprint density at radius 1 is 1.33 bits per heavy atom. The van der Waals surface area contributed by atoms with Crippen LogP contribution in [0.4, 0.5) is 0 Å². The summed E-state index contributed by atoms with van der Waals surface area (Å²) in [5.74, 6) is 0. The van der Waals surface area contributed by atoms with Gasteiger partial charge in [0, 0.05) is 11.9 Å². The molecule has 1 aromatic heterocycles. The molecule has 21 heavy (non-hydrogen) atoms. The van der Waals surface area contributed by atoms with Crippen LogP contribution in [0.5, 0.6) is 0 Å². The van der Waals surface area contributed by atoms with Gasteiger partial charge in [0.2, 0.25) is 10.0 Å². The third-order valence-electron chi connectivity index (χ3n) is 3.20. The third kappa shape index (κ3) is 3.88. The maximum absolute atomic E-state index is 12.3. The van der Waals surface area contributed by atoms with Gasteiger partial charge < -0.3 is 5.73 Å². The Morgan fingerprint density at radius 2 is 2.10 bits per heavy atom. The first-order chi connectivity index (χ1) is 9.96. The predicted octanol–water partition coefficient (Wildman–Crippen LogP) is 1.95. The average molecular weight is 325 g/mol. The van der Waals surface area contributed by atoms with Crippen LogP contribution in [0.15, 0.2) is 28.5 Å². The van der Waals surface area contributed by atoms with E-state index in [2.05, 4.69) is 9.71 Å². The molecule has 0 aliphatic carbocycles. The average Bonchev–Trinajstić information content (AvgIpc) is 2.90. The summed E-state index contributed by atoms with van der Waals surface area (Å²) in [6.07, 6.45) is 0.832. The van der Waals surface area contributed by atoms with Gasteiger partial charge >= 0.3 is 0 Å². The molecule has 3 N–H and O–H groups in total. The molecule has 5 nitrogen and oxygen atoms in total. The second-order valence-electron chi connectivity index (χ2n) is 4.67. The third-order valence-corrected chi connectivity index (χ3v) is 5.42. The van der Waals surface area contributed by atoms with E-state index in [-0.39, 0.29) is 11.4 Å². The zero-order valence-electron chi connectivity index (χ0n) is 12.1. The fourth-order valence-corrected chi connectivity index (χ4v) is 3.71. The van der Waals surface area contributed by atoms with Crippen LogP contribution >= 0.6 is 11.3 Å². The molecule has 0 saturated heterocycles. The highest BCUT2D eigenvalue weighted by molar-refractivity contribution is 7.89. The van der Waals surface area contributed by atoms with Crippen LogP contribution in [0.3, 0.4) is 0 Å². The summed E-state index contributed by atoms with van der Waals surface area (Å²) < 4.78 is 27.2. The first-order valence-corrected chi connectivity index (χ1v) is 9.05. The molecule has 7 heteroatoms. The molecule has 0 atom stereocenters. The van der Waals surface area contributed by atoms with Crippen molar-refractivity contribution in [1.29, 1.82) is 0 Å². The van der Waals surface area contributed by atoms with Crippen molar-refractivity contribution in [1.82, 2.24) is 9.71 Å². The number of hydrogen-bond donors (Lipinski definition) is 2. The molecular weight excluding hydrogens is 306 g/mol. The second-order valence-corrected chi connectivity index (χ2v) is 7.50. The van der Waals surface area contributed by atoms with Crippen molar-refractivity contribution in [3.8, 4) is 0 Å². The van der Waals surface area contributed by atoms with E-state index in [1.165, 1.54) is 11.3 Å². The molecule has 0 fully saturated rings. The molecule has 0 amide bonds. The normalized spacial score (nSPS) is 11.8. The molecule has 0 saturated carbocycles. The van der Waals surface area contributed by atoms with E-state index >= 15 is 0 Å². The van der Waals surface area contributed by atoms with Gasteiger partial charge in [-0.05, 0) is 36.6 Å². The Labute approximate surface area is 129 Å². The first kappa shape index (κ1) is 16.1. The zero-order chi connectivity index (χ0) is 15.5. The predicted molar refractivity (Wildman–Crippen MR) is 84.6 cm³/mol. The van der Waals surface area contributed by atoms with E-state index < -0.39 is 10.0 Å². The minimum Gasteiger partial charge on any atom is -0.326 e. The molecule has 0 unspecified atom stereocenters. The van der Waals surface area contributed by atoms with Gasteiger partial charge in [-0.2, -0.15) is 0 Å². The van der Waals surface area contributed by atoms with E-state index in [1.807, 2.05) is 25.3 Å². The van der Waals surface area contributed by atoms with E-state index in [1.54, 1.807) is 12.1 Å². The van der Waals surface area contributed by atoms with Crippen LogP contribution in [0, 0.1) is 6.92 Å². The minimum atomic E-state index is -3.55. The highest BCUT2D eigenvalue weighted by Crippen LogP contribution is 2.17. The number of rotatable bonds is 6. The van der Waals surface area contributed by atoms with Crippen molar-refractivity contribution in [3.05, 3.63) is 45.4 Å². The summed E-state index contributed by atoms with van der Waals surface area (Å²) in [4.78, 5) is 4.48. The van der Waals surface area contributed by atoms with Gasteiger partial charge in [0.1, 0.15) is 0 Å². The van der Waals surface area contributed by atoms with Crippen molar-refractivity contribution in [2.24, 2.45) is 5.73 Å². The van der Waals surface area contributed by atoms with Crippen molar-refractivity contribution in [2.45, 2.75) is 38.3 Å². The standard InChI is InChI=1S/C14H19N3O2S2/c1-3-11-4-5-14(6-12(11)7-15)21(18,19)16-8-13-9-20-10(2)17-13/h4-6,9,16H,3,7-8,15H2,1-2H3. The Balaban J connectivity index is 2.19. The van der Waals surface area contributed by atoms with Crippen molar-refractivity contribution in [2.75, 3.05) is 0 Å². The van der Waals surface area contributed by atoms with Crippen LogP contribution < -0.4 is 10.5 Å². The SMILES string of the molecule is CCc1ccc(S(=O)(=O)NCc2csc(C)n2)cc1CN. The molecule has 0 aliphatic rings. The minimum absolute atomic E-state index is 0.195. The van der Waals surface area contributed by atoms with E-state index in [0.717, 1.165) is 28.2 Å². The number of aromatic nitrogens is 1. The summed E-state index contributed by atoms with van der Waals surface area (Å²) in [7, 11) is -3.55. The lowest BCUT2D eigenvalue weighted by atomic mass is 10.1. The van der Waals surface area contributed by atoms with Crippen molar-refractivity contribution < 1.29 is 8.42 Å². The molecule has 0 radical (unpaired) electrons. The number of benzene rings is 1. The first-order valence-electron chi connectivity index (χ1n) is 6.68. The van der Waals surface area contributed by atoms with Gasteiger partial charge in [0.15, 0.2) is 0 Å². The zero-order valence-corrected chi connectivity index (χ0v) is 13.7. The van der Waals surface area contributed by atoms with E-state index in [4.69, 9.17) is 5.73 Å². The van der Waals surface area contributed by atoms with Gasteiger partial charge in [0.05, 0.1) is 22.1 Å². The van der Waals surface area contributed by atoms with Crippen LogP contribution in [0.1, 0.15) is 28.8 Å². The number of aryl methyl sites for hydroxylation is 2. The number of nitrogens with one attached hydrogen (secondary N) is 1. The highest BCUT2D eigenvalue weighted by Gasteiger charge is 2.15. The van der Waals surface area contributed by atoms with Gasteiger partial charge in [-0.25, -0.2) is 18.1 Å². The number of nitrogens with two attached hydrogens (primary N) is 1. The van der Waals surface area contributed by atoms with Crippen LogP contribution in [0.2, 0.25) is 0 Å². The smallest absolute Gasteiger partial charge is 0.240 e. The Morgan fingerprint density at radius 3 is 2.67 bits per heavy atom. The summed E-state index contributed by atoms with van der Waals surface area (Å²) in [5, 5.41) is 2.77. The lowest BCUT2D eigenvalue weighted by molar-refractivity contribution is 0.580. The topological polar surface area (TPSA) is 85.1 Å². The van der Waals surface area contributed by atoms with Crippen molar-refractivity contribution >= 4 is 21.4 Å². The molecule has 0 spiro atoms. The Bertz CT molecular complexity index is 724. The molecule has 114 valence electrons. The van der Waals surface area contributed by atoms with Gasteiger partial charge in [0.25, 0.3) is 0 Å². The Hall–Kier alpha value is -1.28. The molecule has 0 aliphatic heterocycles. The van der Waals surface area contributed by atoms with Gasteiger partial charge in [-0.1, -0.05) is 13.0 Å². The fourth-order valence-electron chi connectivity index (χ4n) is 2.05. The molecular formula is C14H19N3O2S2. The molecule has 2 aromatic rings. The Kier molecular flexibility index (Phi) is 5.10. The molecule has 2 rings (SSSR count). The number of hydrogen-bond acceptors (Lipinski definition) is 5. The lowest BCUT2D eigenvalue weighted by Gasteiger charge is -2.10. The van der Waals surface area contributed by atoms with Crippen LogP contribution in [0.25, 0.3) is 0 Å². The summed E-state index contributed by atoms with van der Waals surface area (Å²) >= 11 is 1.50. The fraction of sp³-hybridized carbons (Fsp3) is 0.357. The maximum atomic E-state index is 12.3. The molecule has 0 bridgehead atoms. The van der Waals surface area contributed by atoms with Crippen LogP contribution in [-0.2, 0) is 29.5 Å². The van der Waals surface area contributed by atoms with Gasteiger partial charge in [-0.15, -0.1) is 11.3 Å². The summed E-state index contributed by atoms with van der Waals surface area (Å²) in [6.45, 7) is 4.43. The number of nitrogens with zero attached hydrogens (tertiary/aromatic N) is 1. The maximum Gasteiger partial charge on any atom is 0.240 e. The van der Waals surface area contributed by atoms with E-state index in [0.29, 0.717) is 6.54 Å². The van der Waals surface area contributed by atoms with E-state index in [9.17, 15) is 8.42 Å². The number of thiazole rings is 1. The highest BCUT2D eigenvalue weighted by atomic mass is 32.2. The lowest BCUT2D eigenvalue weighted by Crippen LogP contribution is -2.23. The second kappa shape index (κ2) is 6.65. The quantitative estimate of drug-likeness (QED) is 0.850. The van der Waals surface area contributed by atoms with Crippen LogP contribution in [-0.4, -0.2) is 13.4 Å². The molecule has 1 heterocycles. The summed E-state index contributed by atoms with van der Waals surface area (Å²) in [6, 6.07) is 5.09. The van der Waals surface area contributed by atoms with Gasteiger partial charge in [-0.3, -0.25) is 0 Å². The largest absolute Gasteiger partial charge is 0.326 e. The molecule has 1 aromatic carbocycles. The van der Waals surface area contributed by atoms with Crippen molar-refractivity contribution in [3.63, 3.8) is 0 Å².